The SMILES string of the molecule is O=C(Cc1ccncc1)N1CCC[C@H](c2cccc(Cc3ccc(Cl)cc3)n2)C1. The van der Waals surface area contributed by atoms with Crippen LogP contribution >= 0.6 is 11.6 Å². The maximum atomic E-state index is 12.8. The van der Waals surface area contributed by atoms with Crippen molar-refractivity contribution in [3.63, 3.8) is 0 Å². The summed E-state index contributed by atoms with van der Waals surface area (Å²) in [6.07, 6.45) is 6.75. The molecule has 0 aliphatic carbocycles. The van der Waals surface area contributed by atoms with Gasteiger partial charge >= 0.3 is 0 Å². The molecule has 1 fully saturated rings. The van der Waals surface area contributed by atoms with Gasteiger partial charge in [0.1, 0.15) is 0 Å². The van der Waals surface area contributed by atoms with Crippen LogP contribution in [0, 0.1) is 0 Å². The van der Waals surface area contributed by atoms with Crippen molar-refractivity contribution in [2.45, 2.75) is 31.6 Å². The second-order valence-electron chi connectivity index (χ2n) is 7.57. The lowest BCUT2D eigenvalue weighted by molar-refractivity contribution is -0.131. The molecule has 2 aromatic heterocycles. The minimum Gasteiger partial charge on any atom is -0.342 e. The zero-order valence-corrected chi connectivity index (χ0v) is 17.1. The van der Waals surface area contributed by atoms with Crippen LogP contribution in [0.2, 0.25) is 5.02 Å². The van der Waals surface area contributed by atoms with Gasteiger partial charge in [-0.1, -0.05) is 29.8 Å². The van der Waals surface area contributed by atoms with Crippen molar-refractivity contribution in [3.05, 3.63) is 94.5 Å². The molecule has 1 aliphatic rings. The molecule has 1 amide bonds. The molecule has 1 atom stereocenters. The topological polar surface area (TPSA) is 46.1 Å². The summed E-state index contributed by atoms with van der Waals surface area (Å²) >= 11 is 5.98. The van der Waals surface area contributed by atoms with E-state index in [-0.39, 0.29) is 11.8 Å². The number of aromatic nitrogens is 2. The average molecular weight is 406 g/mol. The number of piperidine rings is 1. The zero-order chi connectivity index (χ0) is 20.1. The number of carbonyl (C=O) groups excluding carboxylic acids is 1. The molecule has 0 radical (unpaired) electrons. The molecule has 4 nitrogen and oxygen atoms in total. The first-order valence-electron chi connectivity index (χ1n) is 10.0. The fraction of sp³-hybridized carbons (Fsp3) is 0.292. The van der Waals surface area contributed by atoms with Crippen LogP contribution in [0.5, 0.6) is 0 Å². The Morgan fingerprint density at radius 1 is 1.03 bits per heavy atom. The highest BCUT2D eigenvalue weighted by atomic mass is 35.5. The number of benzene rings is 1. The highest BCUT2D eigenvalue weighted by molar-refractivity contribution is 6.30. The first kappa shape index (κ1) is 19.6. The molecule has 0 N–H and O–H groups in total. The maximum Gasteiger partial charge on any atom is 0.227 e. The molecule has 5 heteroatoms. The lowest BCUT2D eigenvalue weighted by Crippen LogP contribution is -2.40. The highest BCUT2D eigenvalue weighted by Crippen LogP contribution is 2.26. The molecule has 29 heavy (non-hydrogen) atoms. The first-order chi connectivity index (χ1) is 14.2. The van der Waals surface area contributed by atoms with Crippen LogP contribution in [0.25, 0.3) is 0 Å². The van der Waals surface area contributed by atoms with E-state index in [9.17, 15) is 4.79 Å². The van der Waals surface area contributed by atoms with Crippen molar-refractivity contribution in [2.75, 3.05) is 13.1 Å². The summed E-state index contributed by atoms with van der Waals surface area (Å²) in [4.78, 5) is 23.7. The summed E-state index contributed by atoms with van der Waals surface area (Å²) in [7, 11) is 0. The van der Waals surface area contributed by atoms with E-state index >= 15 is 0 Å². The zero-order valence-electron chi connectivity index (χ0n) is 16.3. The van der Waals surface area contributed by atoms with Gasteiger partial charge in [0.2, 0.25) is 5.91 Å². The van der Waals surface area contributed by atoms with E-state index in [1.54, 1.807) is 12.4 Å². The number of rotatable bonds is 5. The summed E-state index contributed by atoms with van der Waals surface area (Å²) in [5.41, 5.74) is 4.33. The number of hydrogen-bond donors (Lipinski definition) is 0. The number of halogens is 1. The lowest BCUT2D eigenvalue weighted by atomic mass is 9.93. The summed E-state index contributed by atoms with van der Waals surface area (Å²) in [5.74, 6) is 0.466. The van der Waals surface area contributed by atoms with Crippen LogP contribution in [0.3, 0.4) is 0 Å². The molecule has 1 aromatic carbocycles. The molecule has 1 saturated heterocycles. The minimum atomic E-state index is 0.179. The largest absolute Gasteiger partial charge is 0.342 e. The van der Waals surface area contributed by atoms with E-state index in [1.807, 2.05) is 41.3 Å². The van der Waals surface area contributed by atoms with E-state index in [0.717, 1.165) is 54.3 Å². The van der Waals surface area contributed by atoms with Crippen molar-refractivity contribution in [1.82, 2.24) is 14.9 Å². The molecule has 3 aromatic rings. The number of hydrogen-bond acceptors (Lipinski definition) is 3. The van der Waals surface area contributed by atoms with Gasteiger partial charge in [0, 0.05) is 54.2 Å². The molecule has 0 bridgehead atoms. The molecule has 0 spiro atoms. The quantitative estimate of drug-likeness (QED) is 0.619. The molecule has 0 unspecified atom stereocenters. The van der Waals surface area contributed by atoms with Crippen molar-refractivity contribution >= 4 is 17.5 Å². The van der Waals surface area contributed by atoms with E-state index in [1.165, 1.54) is 5.56 Å². The third kappa shape index (κ3) is 5.21. The summed E-state index contributed by atoms with van der Waals surface area (Å²) in [6, 6.07) is 17.9. The normalized spacial score (nSPS) is 16.6. The predicted molar refractivity (Wildman–Crippen MR) is 115 cm³/mol. The van der Waals surface area contributed by atoms with E-state index in [4.69, 9.17) is 16.6 Å². The van der Waals surface area contributed by atoms with Gasteiger partial charge < -0.3 is 4.90 Å². The van der Waals surface area contributed by atoms with Gasteiger partial charge in [-0.15, -0.1) is 0 Å². The van der Waals surface area contributed by atoms with E-state index in [2.05, 4.69) is 23.2 Å². The van der Waals surface area contributed by atoms with E-state index in [0.29, 0.717) is 6.42 Å². The standard InChI is InChI=1S/C24H24ClN3O/c25-21-8-6-18(7-9-21)15-22-4-1-5-23(27-22)20-3-2-14-28(17-20)24(29)16-19-10-12-26-13-11-19/h1,4-13,20H,2-3,14-17H2/t20-/m0/s1. The molecule has 0 saturated carbocycles. The van der Waals surface area contributed by atoms with Crippen LogP contribution < -0.4 is 0 Å². The van der Waals surface area contributed by atoms with Gasteiger partial charge in [-0.3, -0.25) is 14.8 Å². The summed E-state index contributed by atoms with van der Waals surface area (Å²) in [6.45, 7) is 1.56. The molecule has 1 aliphatic heterocycles. The Morgan fingerprint density at radius 3 is 2.62 bits per heavy atom. The summed E-state index contributed by atoms with van der Waals surface area (Å²) < 4.78 is 0. The average Bonchev–Trinajstić information content (AvgIpc) is 2.76. The van der Waals surface area contributed by atoms with Crippen molar-refractivity contribution < 1.29 is 4.79 Å². The van der Waals surface area contributed by atoms with Crippen molar-refractivity contribution in [1.29, 1.82) is 0 Å². The van der Waals surface area contributed by atoms with Crippen LogP contribution in [0.15, 0.2) is 67.0 Å². The molecular formula is C24H24ClN3O. The van der Waals surface area contributed by atoms with Gasteiger partial charge in [-0.25, -0.2) is 0 Å². The Morgan fingerprint density at radius 2 is 1.83 bits per heavy atom. The Hall–Kier alpha value is -2.72. The third-order valence-corrected chi connectivity index (χ3v) is 5.68. The van der Waals surface area contributed by atoms with Crippen LogP contribution in [0.4, 0.5) is 0 Å². The fourth-order valence-corrected chi connectivity index (χ4v) is 3.99. The fourth-order valence-electron chi connectivity index (χ4n) is 3.87. The van der Waals surface area contributed by atoms with Gasteiger partial charge in [-0.05, 0) is 60.4 Å². The summed E-state index contributed by atoms with van der Waals surface area (Å²) in [5, 5.41) is 0.745. The van der Waals surface area contributed by atoms with Gasteiger partial charge in [0.15, 0.2) is 0 Å². The molecular weight excluding hydrogens is 382 g/mol. The smallest absolute Gasteiger partial charge is 0.227 e. The lowest BCUT2D eigenvalue weighted by Gasteiger charge is -2.32. The highest BCUT2D eigenvalue weighted by Gasteiger charge is 2.25. The van der Waals surface area contributed by atoms with Crippen LogP contribution in [-0.4, -0.2) is 33.9 Å². The number of likely N-dealkylation sites (tertiary alicyclic amines) is 1. The van der Waals surface area contributed by atoms with Crippen LogP contribution in [0.1, 0.15) is 41.3 Å². The Kier molecular flexibility index (Phi) is 6.20. The minimum absolute atomic E-state index is 0.179. The second-order valence-corrected chi connectivity index (χ2v) is 8.00. The monoisotopic (exact) mass is 405 g/mol. The van der Waals surface area contributed by atoms with E-state index < -0.39 is 0 Å². The third-order valence-electron chi connectivity index (χ3n) is 5.42. The number of pyridine rings is 2. The van der Waals surface area contributed by atoms with Crippen LogP contribution in [-0.2, 0) is 17.6 Å². The second kappa shape index (κ2) is 9.19. The first-order valence-corrected chi connectivity index (χ1v) is 10.4. The van der Waals surface area contributed by atoms with Gasteiger partial charge in [0.05, 0.1) is 6.42 Å². The maximum absolute atomic E-state index is 12.8. The molecule has 148 valence electrons. The Labute approximate surface area is 176 Å². The molecule has 4 rings (SSSR count). The number of carbonyl (C=O) groups is 1. The number of nitrogens with zero attached hydrogens (tertiary/aromatic N) is 3. The predicted octanol–water partition coefficient (Wildman–Crippen LogP) is 4.67. The van der Waals surface area contributed by atoms with Crippen molar-refractivity contribution in [2.24, 2.45) is 0 Å². The Balaban J connectivity index is 1.42. The number of amides is 1. The van der Waals surface area contributed by atoms with Gasteiger partial charge in [0.25, 0.3) is 0 Å². The molecule has 3 heterocycles. The van der Waals surface area contributed by atoms with Crippen molar-refractivity contribution in [3.8, 4) is 0 Å². The van der Waals surface area contributed by atoms with Gasteiger partial charge in [-0.2, -0.15) is 0 Å². The Bertz CT molecular complexity index is 959.